The molecule has 3 aromatic rings. The number of non-ortho nitro benzene ring substituents is 1. The van der Waals surface area contributed by atoms with Crippen LogP contribution in [0.1, 0.15) is 21.7 Å². The Morgan fingerprint density at radius 2 is 1.94 bits per heavy atom. The Hall–Kier alpha value is -3.15. The third kappa shape index (κ3) is 6.21. The first-order chi connectivity index (χ1) is 15.7. The second kappa shape index (κ2) is 10.6. The van der Waals surface area contributed by atoms with Crippen LogP contribution >= 0.6 is 35.0 Å². The number of aryl methyl sites for hydroxylation is 1. The molecule has 0 radical (unpaired) electrons. The number of nitro groups is 1. The minimum absolute atomic E-state index is 0.0147. The first-order valence-corrected chi connectivity index (χ1v) is 11.2. The van der Waals surface area contributed by atoms with Gasteiger partial charge in [-0.2, -0.15) is 0 Å². The Balaban J connectivity index is 1.56. The molecule has 0 spiro atoms. The van der Waals surface area contributed by atoms with Crippen molar-refractivity contribution in [2.75, 3.05) is 11.1 Å². The molecule has 2 N–H and O–H groups in total. The molecule has 1 aromatic heterocycles. The molecular weight excluding hydrogens is 491 g/mol. The van der Waals surface area contributed by atoms with E-state index < -0.39 is 4.92 Å². The number of nitro benzene ring substituents is 1. The maximum absolute atomic E-state index is 12.4. The SMILES string of the molecule is Cc1ccc([N+](=O)[O-])cc1NC(=O)CSc1nnc(CNC(=O)c2ccc(Cl)cc2Cl)n1C. The predicted molar refractivity (Wildman–Crippen MR) is 126 cm³/mol. The summed E-state index contributed by atoms with van der Waals surface area (Å²) in [5, 5.41) is 25.5. The molecule has 2 aromatic carbocycles. The molecular formula is C20H18Cl2N6O4S. The van der Waals surface area contributed by atoms with Crippen molar-refractivity contribution in [3.05, 3.63) is 73.5 Å². The molecule has 0 saturated heterocycles. The number of thioether (sulfide) groups is 1. The molecule has 0 fully saturated rings. The lowest BCUT2D eigenvalue weighted by Gasteiger charge is -2.09. The van der Waals surface area contributed by atoms with Gasteiger partial charge in [0, 0.05) is 24.2 Å². The van der Waals surface area contributed by atoms with Gasteiger partial charge in [-0.05, 0) is 30.7 Å². The fourth-order valence-corrected chi connectivity index (χ4v) is 3.95. The van der Waals surface area contributed by atoms with Crippen molar-refractivity contribution in [2.45, 2.75) is 18.6 Å². The maximum Gasteiger partial charge on any atom is 0.271 e. The number of carbonyl (C=O) groups excluding carboxylic acids is 2. The van der Waals surface area contributed by atoms with E-state index in [2.05, 4.69) is 20.8 Å². The summed E-state index contributed by atoms with van der Waals surface area (Å²) in [6.07, 6.45) is 0. The summed E-state index contributed by atoms with van der Waals surface area (Å²) in [6.45, 7) is 1.84. The number of hydrogen-bond acceptors (Lipinski definition) is 7. The summed E-state index contributed by atoms with van der Waals surface area (Å²) < 4.78 is 1.65. The highest BCUT2D eigenvalue weighted by molar-refractivity contribution is 7.99. The van der Waals surface area contributed by atoms with E-state index in [4.69, 9.17) is 23.2 Å². The van der Waals surface area contributed by atoms with Gasteiger partial charge in [-0.3, -0.25) is 19.7 Å². The van der Waals surface area contributed by atoms with Crippen molar-refractivity contribution in [1.29, 1.82) is 0 Å². The third-order valence-corrected chi connectivity index (χ3v) is 6.11. The Morgan fingerprint density at radius 1 is 1.18 bits per heavy atom. The van der Waals surface area contributed by atoms with Crippen molar-refractivity contribution < 1.29 is 14.5 Å². The molecule has 33 heavy (non-hydrogen) atoms. The van der Waals surface area contributed by atoms with Gasteiger partial charge in [0.15, 0.2) is 11.0 Å². The summed E-state index contributed by atoms with van der Waals surface area (Å²) in [7, 11) is 1.71. The van der Waals surface area contributed by atoms with E-state index in [-0.39, 0.29) is 40.4 Å². The minimum Gasteiger partial charge on any atom is -0.345 e. The molecule has 0 aliphatic rings. The predicted octanol–water partition coefficient (Wildman–Crippen LogP) is 4.00. The van der Waals surface area contributed by atoms with E-state index in [1.165, 1.54) is 24.3 Å². The number of aromatic nitrogens is 3. The fraction of sp³-hybridized carbons (Fsp3) is 0.200. The number of amides is 2. The number of hydrogen-bond donors (Lipinski definition) is 2. The van der Waals surface area contributed by atoms with E-state index in [0.717, 1.165) is 11.8 Å². The molecule has 0 aliphatic heterocycles. The number of anilines is 1. The summed E-state index contributed by atoms with van der Waals surface area (Å²) in [6, 6.07) is 8.84. The molecule has 0 bridgehead atoms. The molecule has 0 saturated carbocycles. The first kappa shape index (κ1) is 24.5. The van der Waals surface area contributed by atoms with Crippen LogP contribution in [0.5, 0.6) is 0 Å². The van der Waals surface area contributed by atoms with Gasteiger partial charge in [0.2, 0.25) is 5.91 Å². The van der Waals surface area contributed by atoms with Crippen LogP contribution in [0.3, 0.4) is 0 Å². The lowest BCUT2D eigenvalue weighted by molar-refractivity contribution is -0.384. The van der Waals surface area contributed by atoms with Gasteiger partial charge in [0.05, 0.1) is 33.5 Å². The van der Waals surface area contributed by atoms with Crippen molar-refractivity contribution in [1.82, 2.24) is 20.1 Å². The van der Waals surface area contributed by atoms with Gasteiger partial charge in [0.1, 0.15) is 0 Å². The zero-order chi connectivity index (χ0) is 24.1. The summed E-state index contributed by atoms with van der Waals surface area (Å²) in [5.41, 5.74) is 1.25. The molecule has 0 unspecified atom stereocenters. The van der Waals surface area contributed by atoms with Gasteiger partial charge in [0.25, 0.3) is 11.6 Å². The van der Waals surface area contributed by atoms with Crippen LogP contribution in [-0.2, 0) is 18.4 Å². The number of benzene rings is 2. The first-order valence-electron chi connectivity index (χ1n) is 9.45. The molecule has 172 valence electrons. The monoisotopic (exact) mass is 508 g/mol. The Labute approximate surface area is 202 Å². The van der Waals surface area contributed by atoms with Crippen LogP contribution in [0.15, 0.2) is 41.6 Å². The zero-order valence-corrected chi connectivity index (χ0v) is 19.8. The smallest absolute Gasteiger partial charge is 0.271 e. The van der Waals surface area contributed by atoms with Crippen molar-refractivity contribution in [3.8, 4) is 0 Å². The summed E-state index contributed by atoms with van der Waals surface area (Å²) >= 11 is 13.0. The van der Waals surface area contributed by atoms with Crippen LogP contribution in [0, 0.1) is 17.0 Å². The van der Waals surface area contributed by atoms with Crippen molar-refractivity contribution in [3.63, 3.8) is 0 Å². The Kier molecular flexibility index (Phi) is 7.90. The average Bonchev–Trinajstić information content (AvgIpc) is 3.11. The Bertz CT molecular complexity index is 1230. The number of nitrogens with one attached hydrogen (secondary N) is 2. The fourth-order valence-electron chi connectivity index (χ4n) is 2.73. The molecule has 1 heterocycles. The van der Waals surface area contributed by atoms with Crippen molar-refractivity contribution >= 4 is 58.2 Å². The third-order valence-electron chi connectivity index (χ3n) is 4.55. The van der Waals surface area contributed by atoms with E-state index in [1.807, 2.05) is 0 Å². The van der Waals surface area contributed by atoms with Gasteiger partial charge in [-0.25, -0.2) is 0 Å². The van der Waals surface area contributed by atoms with Crippen LogP contribution in [0.4, 0.5) is 11.4 Å². The number of carbonyl (C=O) groups is 2. The van der Waals surface area contributed by atoms with E-state index in [0.29, 0.717) is 27.3 Å². The lowest BCUT2D eigenvalue weighted by Crippen LogP contribution is -2.24. The second-order valence-electron chi connectivity index (χ2n) is 6.86. The summed E-state index contributed by atoms with van der Waals surface area (Å²) in [5.74, 6) is -0.244. The maximum atomic E-state index is 12.4. The van der Waals surface area contributed by atoms with Crippen LogP contribution in [0.25, 0.3) is 0 Å². The summed E-state index contributed by atoms with van der Waals surface area (Å²) in [4.78, 5) is 35.1. The zero-order valence-electron chi connectivity index (χ0n) is 17.5. The van der Waals surface area contributed by atoms with Gasteiger partial charge in [-0.15, -0.1) is 10.2 Å². The molecule has 2 amide bonds. The highest BCUT2D eigenvalue weighted by Crippen LogP contribution is 2.23. The van der Waals surface area contributed by atoms with Crippen LogP contribution < -0.4 is 10.6 Å². The van der Waals surface area contributed by atoms with Gasteiger partial charge >= 0.3 is 0 Å². The minimum atomic E-state index is -0.523. The largest absolute Gasteiger partial charge is 0.345 e. The molecule has 13 heteroatoms. The highest BCUT2D eigenvalue weighted by Gasteiger charge is 2.16. The molecule has 0 aliphatic carbocycles. The van der Waals surface area contributed by atoms with Gasteiger partial charge in [-0.1, -0.05) is 41.0 Å². The lowest BCUT2D eigenvalue weighted by atomic mass is 10.2. The highest BCUT2D eigenvalue weighted by atomic mass is 35.5. The number of nitrogens with zero attached hydrogens (tertiary/aromatic N) is 4. The molecule has 0 atom stereocenters. The van der Waals surface area contributed by atoms with E-state index in [1.54, 1.807) is 30.7 Å². The molecule has 10 nitrogen and oxygen atoms in total. The van der Waals surface area contributed by atoms with Gasteiger partial charge < -0.3 is 15.2 Å². The van der Waals surface area contributed by atoms with Crippen molar-refractivity contribution in [2.24, 2.45) is 7.05 Å². The number of halogens is 2. The second-order valence-corrected chi connectivity index (χ2v) is 8.64. The Morgan fingerprint density at radius 3 is 2.64 bits per heavy atom. The van der Waals surface area contributed by atoms with Crippen LogP contribution in [-0.4, -0.2) is 37.3 Å². The van der Waals surface area contributed by atoms with E-state index in [9.17, 15) is 19.7 Å². The topological polar surface area (TPSA) is 132 Å². The quantitative estimate of drug-likeness (QED) is 0.267. The molecule has 3 rings (SSSR count). The average molecular weight is 509 g/mol. The standard InChI is InChI=1S/C20H18Cl2N6O4S/c1-11-3-5-13(28(31)32)8-16(11)24-18(29)10-33-20-26-25-17(27(20)2)9-23-19(30)14-6-4-12(21)7-15(14)22/h3-8H,9-10H2,1-2H3,(H,23,30)(H,24,29). The van der Waals surface area contributed by atoms with E-state index >= 15 is 0 Å². The number of rotatable bonds is 8. The van der Waals surface area contributed by atoms with Crippen LogP contribution in [0.2, 0.25) is 10.0 Å². The normalized spacial score (nSPS) is 10.7.